The molecular weight excluding hydrogens is 111 g/mol. The van der Waals surface area contributed by atoms with Gasteiger partial charge in [0.15, 0.2) is 0 Å². The fourth-order valence-electron chi connectivity index (χ4n) is 0.473. The van der Waals surface area contributed by atoms with E-state index in [0.29, 0.717) is 0 Å². The van der Waals surface area contributed by atoms with Crippen molar-refractivity contribution in [3.8, 4) is 0 Å². The second kappa shape index (κ2) is 2.13. The van der Waals surface area contributed by atoms with Gasteiger partial charge in [0, 0.05) is 5.48 Å². The van der Waals surface area contributed by atoms with E-state index in [-0.39, 0.29) is 0 Å². The minimum Gasteiger partial charge on any atom is -0.480 e. The molecule has 2 N–H and O–H groups in total. The number of carboxylic acids is 1. The van der Waals surface area contributed by atoms with Crippen LogP contribution in [0.15, 0.2) is 0 Å². The maximum Gasteiger partial charge on any atom is 0.320 e. The summed E-state index contributed by atoms with van der Waals surface area (Å²) in [6.45, 7) is -1.33. The molecule has 1 saturated heterocycles. The summed E-state index contributed by atoms with van der Waals surface area (Å²) in [5.74, 6) is -1.28. The van der Waals surface area contributed by atoms with Gasteiger partial charge in [-0.3, -0.25) is 4.79 Å². The summed E-state index contributed by atoms with van der Waals surface area (Å²) >= 11 is 0. The van der Waals surface area contributed by atoms with Gasteiger partial charge in [-0.1, -0.05) is 0 Å². The van der Waals surface area contributed by atoms with Crippen LogP contribution in [0.3, 0.4) is 0 Å². The lowest BCUT2D eigenvalue weighted by Crippen LogP contribution is -2.29. The number of carbonyl (C=O) groups is 1. The van der Waals surface area contributed by atoms with Crippen molar-refractivity contribution in [2.75, 3.05) is 6.52 Å². The molecule has 3 atom stereocenters. The van der Waals surface area contributed by atoms with E-state index < -0.39 is 31.3 Å². The highest BCUT2D eigenvalue weighted by Crippen LogP contribution is 2.03. The molecular formula is C5H9NO2. The average Bonchev–Trinajstić information content (AvgIpc) is 2.13. The SMILES string of the molecule is [2H][13C@@H]1[15NH][13C@H]([13C](=O)O)[13C@H]([2H])[12C]1([2H])[2H]. The maximum absolute atomic E-state index is 10.4. The lowest BCUT2D eigenvalue weighted by atomic mass is 10.9. The Morgan fingerprint density at radius 1 is 2.00 bits per heavy atom. The number of carboxylic acid groups (broad SMARTS) is 1. The molecule has 0 radical (unpaired) electrons. The van der Waals surface area contributed by atoms with E-state index in [1.165, 1.54) is 0 Å². The molecule has 0 amide bonds. The van der Waals surface area contributed by atoms with E-state index in [1.54, 1.807) is 0 Å². The van der Waals surface area contributed by atoms with Gasteiger partial charge in [-0.2, -0.15) is 0 Å². The summed E-state index contributed by atoms with van der Waals surface area (Å²) in [5.41, 5.74) is 0. The van der Waals surface area contributed by atoms with Crippen LogP contribution in [-0.2, 0) is 4.79 Å². The fourth-order valence-corrected chi connectivity index (χ4v) is 0.473. The molecule has 0 saturated carbocycles. The molecule has 0 unspecified atom stereocenters. The Morgan fingerprint density at radius 2 is 2.75 bits per heavy atom. The van der Waals surface area contributed by atoms with Crippen molar-refractivity contribution < 1.29 is 15.4 Å². The topological polar surface area (TPSA) is 49.3 Å². The second-order valence-corrected chi connectivity index (χ2v) is 1.46. The lowest BCUT2D eigenvalue weighted by molar-refractivity contribution is -0.139. The van der Waals surface area contributed by atoms with Crippen molar-refractivity contribution in [1.82, 2.24) is 5.32 Å². The highest BCUT2D eigenvalue weighted by Gasteiger charge is 2.20. The van der Waals surface area contributed by atoms with Crippen LogP contribution in [0, 0.1) is 0 Å². The van der Waals surface area contributed by atoms with Gasteiger partial charge in [0.2, 0.25) is 0 Å². The molecule has 8 heavy (non-hydrogen) atoms. The van der Waals surface area contributed by atoms with Gasteiger partial charge < -0.3 is 10.4 Å². The first-order chi connectivity index (χ1) is 5.37. The van der Waals surface area contributed by atoms with Crippen LogP contribution >= 0.6 is 0 Å². The van der Waals surface area contributed by atoms with E-state index in [9.17, 15) is 4.79 Å². The molecule has 3 nitrogen and oxygen atoms in total. The maximum atomic E-state index is 10.4. The van der Waals surface area contributed by atoms with Crippen LogP contribution in [-0.4, -0.2) is 23.6 Å². The van der Waals surface area contributed by atoms with Crippen molar-refractivity contribution >= 4 is 5.97 Å². The third-order valence-corrected chi connectivity index (χ3v) is 0.875. The van der Waals surface area contributed by atoms with E-state index in [0.717, 1.165) is 0 Å². The zero-order chi connectivity index (χ0) is 9.52. The van der Waals surface area contributed by atoms with Crippen LogP contribution in [0.2, 0.25) is 0 Å². The summed E-state index contributed by atoms with van der Waals surface area (Å²) in [7, 11) is 0. The zero-order valence-corrected chi connectivity index (χ0v) is 4.09. The fraction of sp³-hybridized carbons (Fsp3) is 0.800. The number of nitrogens with one attached hydrogen (secondary N) is 1. The quantitative estimate of drug-likeness (QED) is 0.376. The van der Waals surface area contributed by atoms with Crippen LogP contribution in [0.5, 0.6) is 0 Å². The highest BCUT2D eigenvalue weighted by atomic mass is 16.5. The van der Waals surface area contributed by atoms with Crippen molar-refractivity contribution in [1.29, 1.82) is 0 Å². The first-order valence-electron chi connectivity index (χ1n) is 4.36. The van der Waals surface area contributed by atoms with E-state index in [1.807, 2.05) is 0 Å². The zero-order valence-electron chi connectivity index (χ0n) is 8.09. The smallest absolute Gasteiger partial charge is 0.320 e. The molecule has 1 fully saturated rings. The Bertz CT molecular complexity index is 210. The van der Waals surface area contributed by atoms with Gasteiger partial charge in [-0.05, 0) is 19.3 Å². The Labute approximate surface area is 53.3 Å². The average molecular weight is 124 g/mol. The summed E-state index contributed by atoms with van der Waals surface area (Å²) in [5, 5.41) is 10.7. The van der Waals surface area contributed by atoms with Gasteiger partial charge in [0.05, 0.1) is 0 Å². The molecule has 1 rings (SSSR count). The molecule has 46 valence electrons. The van der Waals surface area contributed by atoms with Crippen molar-refractivity contribution in [2.45, 2.75) is 18.8 Å². The minimum absolute atomic E-state index is 1.28. The molecule has 1 aliphatic rings. The number of aliphatic carboxylic acids is 1. The molecule has 0 aliphatic carbocycles. The first kappa shape index (κ1) is 2.35. The molecule has 0 aromatic carbocycles. The largest absolute Gasteiger partial charge is 0.480 e. The third-order valence-electron chi connectivity index (χ3n) is 0.875. The standard InChI is InChI=1S/C5H9NO2/c7-5(8)4-2-1-3-6-4/h4,6H,1-3H2,(H,7,8)/t4-/m0/s1/i1+0D2,2+1D,3+1D,4+1,5+1,6+1/t2-,3+,4+/m1. The summed E-state index contributed by atoms with van der Waals surface area (Å²) in [6.07, 6.45) is -3.51. The Kier molecular flexibility index (Phi) is 0.627. The Hall–Kier alpha value is -0.570. The summed E-state index contributed by atoms with van der Waals surface area (Å²) < 4.78 is 28.7. The van der Waals surface area contributed by atoms with Crippen LogP contribution in [0.4, 0.5) is 0 Å². The molecule has 0 bridgehead atoms. The van der Waals surface area contributed by atoms with Crippen molar-refractivity contribution in [3.63, 3.8) is 0 Å². The predicted octanol–water partition coefficient (Wildman–Crippen LogP) is -0.177. The van der Waals surface area contributed by atoms with E-state index in [2.05, 4.69) is 5.32 Å². The van der Waals surface area contributed by atoms with Gasteiger partial charge >= 0.3 is 5.97 Å². The molecule has 3 heteroatoms. The lowest BCUT2D eigenvalue weighted by Gasteiger charge is -1.99. The van der Waals surface area contributed by atoms with Gasteiger partial charge in [0.1, 0.15) is 6.04 Å². The summed E-state index contributed by atoms with van der Waals surface area (Å²) in [6, 6.07) is -1.28. The first-order valence-corrected chi connectivity index (χ1v) is 2.20. The van der Waals surface area contributed by atoms with Crippen molar-refractivity contribution in [2.24, 2.45) is 0 Å². The molecule has 0 aromatic heterocycles. The number of hydrogen-bond donors (Lipinski definition) is 2. The monoisotopic (exact) mass is 124 g/mol. The van der Waals surface area contributed by atoms with E-state index in [4.69, 9.17) is 10.6 Å². The normalized spacial score (nSPS) is 60.2. The molecule has 0 aromatic rings. The Morgan fingerprint density at radius 3 is 3.00 bits per heavy atom. The number of hydrogen-bond acceptors (Lipinski definition) is 2. The van der Waals surface area contributed by atoms with Crippen molar-refractivity contribution in [3.05, 3.63) is 0 Å². The van der Waals surface area contributed by atoms with Crippen LogP contribution in [0.25, 0.3) is 0 Å². The predicted molar refractivity (Wildman–Crippen MR) is 28.7 cm³/mol. The third kappa shape index (κ3) is 0.980. The molecule has 1 heterocycles. The second-order valence-electron chi connectivity index (χ2n) is 1.46. The van der Waals surface area contributed by atoms with Gasteiger partial charge in [0.25, 0.3) is 0 Å². The molecule has 1 aliphatic heterocycles. The van der Waals surface area contributed by atoms with E-state index >= 15 is 0 Å². The van der Waals surface area contributed by atoms with Gasteiger partial charge in [-0.25, -0.2) is 0 Å². The van der Waals surface area contributed by atoms with Crippen LogP contribution in [0.1, 0.15) is 18.3 Å². The Balaban J connectivity index is 2.83. The molecule has 0 spiro atoms. The minimum atomic E-state index is -2.09. The van der Waals surface area contributed by atoms with Crippen LogP contribution < -0.4 is 5.32 Å². The number of rotatable bonds is 1. The summed E-state index contributed by atoms with van der Waals surface area (Å²) in [4.78, 5) is 10.4. The highest BCUT2D eigenvalue weighted by molar-refractivity contribution is 5.73. The van der Waals surface area contributed by atoms with Gasteiger partial charge in [-0.15, -0.1) is 0 Å².